The fourth-order valence-corrected chi connectivity index (χ4v) is 1.74. The van der Waals surface area contributed by atoms with Crippen molar-refractivity contribution in [1.82, 2.24) is 5.32 Å². The minimum absolute atomic E-state index is 0.0166. The number of hydrogen-bond acceptors (Lipinski definition) is 3. The van der Waals surface area contributed by atoms with Crippen molar-refractivity contribution in [3.05, 3.63) is 0 Å². The number of nitrogens with one attached hydrogen (secondary N) is 1. The Hall–Kier alpha value is -0.570. The molecule has 1 aliphatic carbocycles. The van der Waals surface area contributed by atoms with Crippen LogP contribution in [0.1, 0.15) is 46.5 Å². The lowest BCUT2D eigenvalue weighted by Gasteiger charge is -2.17. The van der Waals surface area contributed by atoms with Gasteiger partial charge in [0.1, 0.15) is 6.10 Å². The van der Waals surface area contributed by atoms with Gasteiger partial charge in [-0.15, -0.1) is 0 Å². The van der Waals surface area contributed by atoms with Crippen molar-refractivity contribution in [2.75, 3.05) is 6.54 Å². The van der Waals surface area contributed by atoms with Gasteiger partial charge < -0.3 is 10.1 Å². The summed E-state index contributed by atoms with van der Waals surface area (Å²) in [5.74, 6) is 0.267. The first kappa shape index (κ1) is 12.5. The van der Waals surface area contributed by atoms with Gasteiger partial charge in [0.25, 0.3) is 0 Å². The predicted octanol–water partition coefficient (Wildman–Crippen LogP) is 2.11. The number of esters is 1. The third kappa shape index (κ3) is 4.65. The Morgan fingerprint density at radius 2 is 1.93 bits per heavy atom. The van der Waals surface area contributed by atoms with Gasteiger partial charge in [0, 0.05) is 6.04 Å². The molecular weight excluding hydrogens is 190 g/mol. The molecule has 0 aromatic carbocycles. The molecule has 0 heterocycles. The molecule has 15 heavy (non-hydrogen) atoms. The number of carbonyl (C=O) groups excluding carboxylic acids is 1. The highest BCUT2D eigenvalue weighted by molar-refractivity contribution is 5.71. The second-order valence-corrected chi connectivity index (χ2v) is 4.80. The van der Waals surface area contributed by atoms with Crippen LogP contribution in [-0.4, -0.2) is 24.7 Å². The van der Waals surface area contributed by atoms with E-state index in [-0.39, 0.29) is 12.1 Å². The summed E-state index contributed by atoms with van der Waals surface area (Å²) in [5, 5.41) is 3.25. The molecule has 1 aliphatic rings. The minimum atomic E-state index is -0.122. The third-order valence-corrected chi connectivity index (χ3v) is 3.15. The van der Waals surface area contributed by atoms with Crippen LogP contribution in [0.25, 0.3) is 0 Å². The van der Waals surface area contributed by atoms with Gasteiger partial charge in [0.2, 0.25) is 0 Å². The summed E-state index contributed by atoms with van der Waals surface area (Å²) in [5.41, 5.74) is 0. The standard InChI is InChI=1S/C12H23NO2/c1-9(2)10(3)15-12(14)8-13-11-6-4-5-7-11/h9-11,13H,4-8H2,1-3H3. The van der Waals surface area contributed by atoms with Crippen LogP contribution in [0.2, 0.25) is 0 Å². The van der Waals surface area contributed by atoms with E-state index in [0.29, 0.717) is 18.5 Å². The van der Waals surface area contributed by atoms with Crippen molar-refractivity contribution in [3.8, 4) is 0 Å². The van der Waals surface area contributed by atoms with E-state index in [9.17, 15) is 4.79 Å². The second kappa shape index (κ2) is 6.11. The molecule has 88 valence electrons. The molecule has 0 saturated heterocycles. The van der Waals surface area contributed by atoms with Crippen molar-refractivity contribution in [1.29, 1.82) is 0 Å². The molecule has 1 atom stereocenters. The Bertz CT molecular complexity index is 198. The zero-order valence-corrected chi connectivity index (χ0v) is 10.1. The van der Waals surface area contributed by atoms with E-state index in [1.165, 1.54) is 25.7 Å². The Morgan fingerprint density at radius 3 is 2.47 bits per heavy atom. The maximum absolute atomic E-state index is 11.4. The van der Waals surface area contributed by atoms with Crippen LogP contribution in [0.5, 0.6) is 0 Å². The fraction of sp³-hybridized carbons (Fsp3) is 0.917. The molecule has 0 aromatic rings. The van der Waals surface area contributed by atoms with E-state index in [1.54, 1.807) is 0 Å². The molecule has 1 saturated carbocycles. The summed E-state index contributed by atoms with van der Waals surface area (Å²) in [4.78, 5) is 11.4. The van der Waals surface area contributed by atoms with Gasteiger partial charge in [-0.1, -0.05) is 26.7 Å². The molecule has 0 amide bonds. The first-order valence-corrected chi connectivity index (χ1v) is 6.02. The van der Waals surface area contributed by atoms with Crippen LogP contribution in [0.15, 0.2) is 0 Å². The van der Waals surface area contributed by atoms with Gasteiger partial charge in [-0.25, -0.2) is 0 Å². The van der Waals surface area contributed by atoms with Crippen molar-refractivity contribution < 1.29 is 9.53 Å². The zero-order chi connectivity index (χ0) is 11.3. The molecule has 0 spiro atoms. The topological polar surface area (TPSA) is 38.3 Å². The van der Waals surface area contributed by atoms with Crippen LogP contribution in [0.4, 0.5) is 0 Å². The van der Waals surface area contributed by atoms with Crippen molar-refractivity contribution >= 4 is 5.97 Å². The third-order valence-electron chi connectivity index (χ3n) is 3.15. The summed E-state index contributed by atoms with van der Waals surface area (Å²) < 4.78 is 5.27. The maximum atomic E-state index is 11.4. The zero-order valence-electron chi connectivity index (χ0n) is 10.1. The van der Waals surface area contributed by atoms with Crippen molar-refractivity contribution in [2.24, 2.45) is 5.92 Å². The molecule has 0 aromatic heterocycles. The molecule has 1 fully saturated rings. The van der Waals surface area contributed by atoms with Crippen LogP contribution < -0.4 is 5.32 Å². The SMILES string of the molecule is CC(C)C(C)OC(=O)CNC1CCCC1. The molecule has 3 nitrogen and oxygen atoms in total. The highest BCUT2D eigenvalue weighted by atomic mass is 16.5. The second-order valence-electron chi connectivity index (χ2n) is 4.80. The van der Waals surface area contributed by atoms with E-state index in [2.05, 4.69) is 19.2 Å². The predicted molar refractivity (Wildman–Crippen MR) is 60.7 cm³/mol. The lowest BCUT2D eigenvalue weighted by molar-refractivity contribution is -0.149. The molecular formula is C12H23NO2. The lowest BCUT2D eigenvalue weighted by Crippen LogP contribution is -2.34. The van der Waals surface area contributed by atoms with Crippen LogP contribution >= 0.6 is 0 Å². The number of hydrogen-bond donors (Lipinski definition) is 1. The summed E-state index contributed by atoms with van der Waals surface area (Å²) >= 11 is 0. The average Bonchev–Trinajstić information content (AvgIpc) is 2.66. The van der Waals surface area contributed by atoms with Crippen LogP contribution in [-0.2, 0) is 9.53 Å². The van der Waals surface area contributed by atoms with Gasteiger partial charge in [-0.3, -0.25) is 4.79 Å². The monoisotopic (exact) mass is 213 g/mol. The van der Waals surface area contributed by atoms with Gasteiger partial charge >= 0.3 is 5.97 Å². The summed E-state index contributed by atoms with van der Waals surface area (Å²) in [7, 11) is 0. The summed E-state index contributed by atoms with van der Waals surface area (Å²) in [6.07, 6.45) is 4.99. The normalized spacial score (nSPS) is 19.5. The van der Waals surface area contributed by atoms with Crippen molar-refractivity contribution in [2.45, 2.75) is 58.6 Å². The average molecular weight is 213 g/mol. The van der Waals surface area contributed by atoms with E-state index in [1.807, 2.05) is 6.92 Å². The van der Waals surface area contributed by atoms with Crippen LogP contribution in [0, 0.1) is 5.92 Å². The Kier molecular flexibility index (Phi) is 5.09. The minimum Gasteiger partial charge on any atom is -0.461 e. The van der Waals surface area contributed by atoms with E-state index in [4.69, 9.17) is 4.74 Å². The first-order chi connectivity index (χ1) is 7.09. The van der Waals surface area contributed by atoms with E-state index >= 15 is 0 Å². The largest absolute Gasteiger partial charge is 0.461 e. The molecule has 0 aliphatic heterocycles. The van der Waals surface area contributed by atoms with Crippen molar-refractivity contribution in [3.63, 3.8) is 0 Å². The quantitative estimate of drug-likeness (QED) is 0.711. The van der Waals surface area contributed by atoms with Gasteiger partial charge in [0.05, 0.1) is 6.54 Å². The molecule has 0 bridgehead atoms. The van der Waals surface area contributed by atoms with E-state index in [0.717, 1.165) is 0 Å². The number of ether oxygens (including phenoxy) is 1. The smallest absolute Gasteiger partial charge is 0.320 e. The highest BCUT2D eigenvalue weighted by Crippen LogP contribution is 2.17. The first-order valence-electron chi connectivity index (χ1n) is 6.02. The molecule has 1 unspecified atom stereocenters. The Morgan fingerprint density at radius 1 is 1.33 bits per heavy atom. The molecule has 3 heteroatoms. The van der Waals surface area contributed by atoms with Gasteiger partial charge in [0.15, 0.2) is 0 Å². The maximum Gasteiger partial charge on any atom is 0.320 e. The van der Waals surface area contributed by atoms with E-state index < -0.39 is 0 Å². The fourth-order valence-electron chi connectivity index (χ4n) is 1.74. The summed E-state index contributed by atoms with van der Waals surface area (Å²) in [6.45, 7) is 6.42. The highest BCUT2D eigenvalue weighted by Gasteiger charge is 2.17. The molecule has 1 N–H and O–H groups in total. The number of carbonyl (C=O) groups is 1. The Balaban J connectivity index is 2.12. The van der Waals surface area contributed by atoms with Crippen LogP contribution in [0.3, 0.4) is 0 Å². The number of rotatable bonds is 5. The lowest BCUT2D eigenvalue weighted by atomic mass is 10.1. The molecule has 1 rings (SSSR count). The van der Waals surface area contributed by atoms with Gasteiger partial charge in [-0.2, -0.15) is 0 Å². The van der Waals surface area contributed by atoms with Gasteiger partial charge in [-0.05, 0) is 25.7 Å². The Labute approximate surface area is 92.6 Å². The molecule has 0 radical (unpaired) electrons. The summed E-state index contributed by atoms with van der Waals surface area (Å²) in [6, 6.07) is 0.534.